The average Bonchev–Trinajstić information content (AvgIpc) is 2.20. The molecule has 1 rings (SSSR count). The van der Waals surface area contributed by atoms with E-state index < -0.39 is 0 Å². The standard InChI is InChI=1S/C13H15ClO/c1-10-8-12(6-4-3-5-7-15)13(14)9-11(10)2/h8-9,15H,3,5,7H2,1-2H3. The molecule has 0 fully saturated rings. The highest BCUT2D eigenvalue weighted by molar-refractivity contribution is 6.31. The van der Waals surface area contributed by atoms with Gasteiger partial charge in [-0.1, -0.05) is 23.4 Å². The zero-order chi connectivity index (χ0) is 11.3. The van der Waals surface area contributed by atoms with Gasteiger partial charge in [0.2, 0.25) is 0 Å². The summed E-state index contributed by atoms with van der Waals surface area (Å²) < 4.78 is 0. The molecule has 0 unspecified atom stereocenters. The predicted molar refractivity (Wildman–Crippen MR) is 64.1 cm³/mol. The van der Waals surface area contributed by atoms with E-state index in [2.05, 4.69) is 11.8 Å². The summed E-state index contributed by atoms with van der Waals surface area (Å²) in [6.07, 6.45) is 1.43. The Labute approximate surface area is 96.1 Å². The summed E-state index contributed by atoms with van der Waals surface area (Å²) in [5.74, 6) is 6.02. The Hall–Kier alpha value is -0.970. The first-order valence-electron chi connectivity index (χ1n) is 5.01. The van der Waals surface area contributed by atoms with Crippen molar-refractivity contribution in [1.29, 1.82) is 0 Å². The lowest BCUT2D eigenvalue weighted by molar-refractivity contribution is 0.290. The Morgan fingerprint density at radius 2 is 1.93 bits per heavy atom. The highest BCUT2D eigenvalue weighted by atomic mass is 35.5. The molecule has 1 N–H and O–H groups in total. The van der Waals surface area contributed by atoms with Crippen LogP contribution in [0.1, 0.15) is 29.5 Å². The summed E-state index contributed by atoms with van der Waals surface area (Å²) in [6, 6.07) is 3.94. The molecule has 1 aromatic rings. The topological polar surface area (TPSA) is 20.2 Å². The van der Waals surface area contributed by atoms with Gasteiger partial charge in [0.25, 0.3) is 0 Å². The van der Waals surface area contributed by atoms with Crippen molar-refractivity contribution in [2.75, 3.05) is 6.61 Å². The molecule has 0 aliphatic rings. The first-order valence-corrected chi connectivity index (χ1v) is 5.39. The van der Waals surface area contributed by atoms with Gasteiger partial charge in [0.05, 0.1) is 5.02 Å². The molecule has 0 aromatic heterocycles. The number of rotatable bonds is 2. The molecule has 0 heterocycles. The summed E-state index contributed by atoms with van der Waals surface area (Å²) >= 11 is 6.06. The van der Waals surface area contributed by atoms with E-state index in [4.69, 9.17) is 16.7 Å². The van der Waals surface area contributed by atoms with Crippen LogP contribution in [0.4, 0.5) is 0 Å². The van der Waals surface area contributed by atoms with Crippen LogP contribution < -0.4 is 0 Å². The summed E-state index contributed by atoms with van der Waals surface area (Å²) in [7, 11) is 0. The van der Waals surface area contributed by atoms with Crippen molar-refractivity contribution < 1.29 is 5.11 Å². The number of hydrogen-bond donors (Lipinski definition) is 1. The third kappa shape index (κ3) is 3.58. The van der Waals surface area contributed by atoms with Gasteiger partial charge >= 0.3 is 0 Å². The fraction of sp³-hybridized carbons (Fsp3) is 0.385. The number of halogens is 1. The minimum absolute atomic E-state index is 0.190. The zero-order valence-electron chi connectivity index (χ0n) is 9.10. The van der Waals surface area contributed by atoms with Crippen LogP contribution in [0.3, 0.4) is 0 Å². The molecular weight excluding hydrogens is 208 g/mol. The van der Waals surface area contributed by atoms with Crippen molar-refractivity contribution in [2.45, 2.75) is 26.7 Å². The van der Waals surface area contributed by atoms with Crippen molar-refractivity contribution in [3.05, 3.63) is 33.8 Å². The molecule has 0 amide bonds. The third-order valence-electron chi connectivity index (χ3n) is 2.27. The van der Waals surface area contributed by atoms with Crippen LogP contribution in [-0.2, 0) is 0 Å². The minimum atomic E-state index is 0.190. The summed E-state index contributed by atoms with van der Waals surface area (Å²) in [6.45, 7) is 4.27. The second-order valence-corrected chi connectivity index (χ2v) is 3.95. The van der Waals surface area contributed by atoms with E-state index in [0.29, 0.717) is 11.4 Å². The van der Waals surface area contributed by atoms with Gasteiger partial charge in [-0.15, -0.1) is 0 Å². The minimum Gasteiger partial charge on any atom is -0.396 e. The van der Waals surface area contributed by atoms with Gasteiger partial charge in [-0.05, 0) is 43.5 Å². The first-order chi connectivity index (χ1) is 7.15. The molecule has 0 saturated carbocycles. The molecule has 0 saturated heterocycles. The summed E-state index contributed by atoms with van der Waals surface area (Å²) in [4.78, 5) is 0. The average molecular weight is 223 g/mol. The lowest BCUT2D eigenvalue weighted by Gasteiger charge is -2.02. The Morgan fingerprint density at radius 3 is 2.60 bits per heavy atom. The number of aliphatic hydroxyl groups is 1. The quantitative estimate of drug-likeness (QED) is 0.602. The second kappa shape index (κ2) is 5.80. The van der Waals surface area contributed by atoms with Crippen molar-refractivity contribution in [3.8, 4) is 11.8 Å². The zero-order valence-corrected chi connectivity index (χ0v) is 9.86. The SMILES string of the molecule is Cc1cc(Cl)c(C#CCCCO)cc1C. The van der Waals surface area contributed by atoms with Gasteiger partial charge in [0, 0.05) is 18.6 Å². The number of aliphatic hydroxyl groups excluding tert-OH is 1. The van der Waals surface area contributed by atoms with Crippen molar-refractivity contribution in [2.24, 2.45) is 0 Å². The van der Waals surface area contributed by atoms with E-state index in [0.717, 1.165) is 12.0 Å². The Bertz CT molecular complexity index is 399. The molecule has 2 heteroatoms. The van der Waals surface area contributed by atoms with Gasteiger partial charge in [0.1, 0.15) is 0 Å². The van der Waals surface area contributed by atoms with Gasteiger partial charge < -0.3 is 5.11 Å². The molecule has 15 heavy (non-hydrogen) atoms. The van der Waals surface area contributed by atoms with Gasteiger partial charge in [-0.25, -0.2) is 0 Å². The van der Waals surface area contributed by atoms with E-state index in [1.165, 1.54) is 11.1 Å². The largest absolute Gasteiger partial charge is 0.396 e. The van der Waals surface area contributed by atoms with E-state index in [1.807, 2.05) is 26.0 Å². The molecule has 0 bridgehead atoms. The van der Waals surface area contributed by atoms with Gasteiger partial charge in [-0.3, -0.25) is 0 Å². The maximum absolute atomic E-state index is 8.60. The van der Waals surface area contributed by atoms with Gasteiger partial charge in [-0.2, -0.15) is 0 Å². The number of aryl methyl sites for hydroxylation is 2. The fourth-order valence-electron chi connectivity index (χ4n) is 1.20. The molecule has 0 spiro atoms. The molecule has 0 radical (unpaired) electrons. The molecule has 0 aliphatic carbocycles. The second-order valence-electron chi connectivity index (χ2n) is 3.55. The Kier molecular flexibility index (Phi) is 4.68. The maximum Gasteiger partial charge on any atom is 0.0565 e. The van der Waals surface area contributed by atoms with Crippen LogP contribution in [0.15, 0.2) is 12.1 Å². The first kappa shape index (κ1) is 12.1. The molecule has 0 atom stereocenters. The van der Waals surface area contributed by atoms with Gasteiger partial charge in [0.15, 0.2) is 0 Å². The lowest BCUT2D eigenvalue weighted by atomic mass is 10.1. The Balaban J connectivity index is 2.84. The molecule has 80 valence electrons. The van der Waals surface area contributed by atoms with Crippen LogP contribution in [0.5, 0.6) is 0 Å². The monoisotopic (exact) mass is 222 g/mol. The molecule has 1 aromatic carbocycles. The number of benzene rings is 1. The van der Waals surface area contributed by atoms with Crippen LogP contribution in [0.25, 0.3) is 0 Å². The number of hydrogen-bond acceptors (Lipinski definition) is 1. The maximum atomic E-state index is 8.60. The third-order valence-corrected chi connectivity index (χ3v) is 2.58. The van der Waals surface area contributed by atoms with Crippen LogP contribution in [0, 0.1) is 25.7 Å². The fourth-order valence-corrected chi connectivity index (χ4v) is 1.47. The predicted octanol–water partition coefficient (Wildman–Crippen LogP) is 3.08. The normalized spacial score (nSPS) is 9.60. The smallest absolute Gasteiger partial charge is 0.0565 e. The van der Waals surface area contributed by atoms with Crippen LogP contribution in [0.2, 0.25) is 5.02 Å². The summed E-state index contributed by atoms with van der Waals surface area (Å²) in [5.41, 5.74) is 3.25. The highest BCUT2D eigenvalue weighted by Gasteiger charge is 2.00. The molecule has 0 aliphatic heterocycles. The van der Waals surface area contributed by atoms with Crippen molar-refractivity contribution >= 4 is 11.6 Å². The van der Waals surface area contributed by atoms with Crippen molar-refractivity contribution in [3.63, 3.8) is 0 Å². The molecule has 1 nitrogen and oxygen atoms in total. The highest BCUT2D eigenvalue weighted by Crippen LogP contribution is 2.19. The lowest BCUT2D eigenvalue weighted by Crippen LogP contribution is -1.85. The van der Waals surface area contributed by atoms with Crippen LogP contribution >= 0.6 is 11.6 Å². The van der Waals surface area contributed by atoms with E-state index in [1.54, 1.807) is 0 Å². The summed E-state index contributed by atoms with van der Waals surface area (Å²) in [5, 5.41) is 9.31. The van der Waals surface area contributed by atoms with Crippen LogP contribution in [-0.4, -0.2) is 11.7 Å². The van der Waals surface area contributed by atoms with Crippen molar-refractivity contribution in [1.82, 2.24) is 0 Å². The molecular formula is C13H15ClO. The van der Waals surface area contributed by atoms with E-state index in [-0.39, 0.29) is 6.61 Å². The van der Waals surface area contributed by atoms with E-state index in [9.17, 15) is 0 Å². The Morgan fingerprint density at radius 1 is 1.27 bits per heavy atom. The number of unbranched alkanes of at least 4 members (excludes halogenated alkanes) is 1. The van der Waals surface area contributed by atoms with E-state index >= 15 is 0 Å².